The van der Waals surface area contributed by atoms with Gasteiger partial charge in [-0.1, -0.05) is 0 Å². The number of carbonyl (C=O) groups is 1. The molecule has 0 aromatic heterocycles. The summed E-state index contributed by atoms with van der Waals surface area (Å²) in [5.41, 5.74) is 1.94. The van der Waals surface area contributed by atoms with Crippen molar-refractivity contribution in [2.75, 3.05) is 0 Å². The van der Waals surface area contributed by atoms with Crippen molar-refractivity contribution in [2.45, 2.75) is 13.4 Å². The van der Waals surface area contributed by atoms with Crippen LogP contribution in [0.2, 0.25) is 9.26 Å². The van der Waals surface area contributed by atoms with Crippen LogP contribution in [0.5, 0.6) is 5.75 Å². The van der Waals surface area contributed by atoms with Crippen molar-refractivity contribution >= 4 is 27.7 Å². The molecule has 0 fully saturated rings. The molecule has 0 saturated heterocycles. The van der Waals surface area contributed by atoms with E-state index < -0.39 is 21.8 Å². The number of esters is 1. The van der Waals surface area contributed by atoms with Crippen LogP contribution in [0, 0.1) is 0 Å². The van der Waals surface area contributed by atoms with Gasteiger partial charge in [0.15, 0.2) is 0 Å². The van der Waals surface area contributed by atoms with E-state index >= 15 is 0 Å². The van der Waals surface area contributed by atoms with E-state index in [2.05, 4.69) is 9.26 Å². The quantitative estimate of drug-likeness (QED) is 0.403. The summed E-state index contributed by atoms with van der Waals surface area (Å²) in [6, 6.07) is 16.9. The average Bonchev–Trinajstić information content (AvgIpc) is 2.40. The van der Waals surface area contributed by atoms with Gasteiger partial charge in [-0.3, -0.25) is 0 Å². The first kappa shape index (κ1) is 14.2. The number of hydrogen-bond donors (Lipinski definition) is 0. The van der Waals surface area contributed by atoms with Crippen molar-refractivity contribution in [3.05, 3.63) is 65.7 Å². The van der Waals surface area contributed by atoms with E-state index in [1.54, 1.807) is 12.1 Å². The SMILES string of the molecule is [CH3][Bi]([CH3])[CH2]c1ccc(C(=O)Oc2ccccc2)cc1. The van der Waals surface area contributed by atoms with E-state index in [4.69, 9.17) is 4.74 Å². The van der Waals surface area contributed by atoms with Crippen LogP contribution in [0.25, 0.3) is 0 Å². The molecule has 0 saturated carbocycles. The number of carbonyl (C=O) groups excluding carboxylic acids is 1. The molecule has 0 N–H and O–H groups in total. The standard InChI is InChI=1S/C14H11O2.2CH3.Bi/c1-11-7-9-12(10-8-11)14(15)16-13-5-3-2-4-6-13;;;/h2-10H,1H2;2*1H3;. The fraction of sp³-hybridized carbons (Fsp3) is 0.188. The monoisotopic (exact) mass is 450 g/mol. The van der Waals surface area contributed by atoms with Crippen LogP contribution in [0.15, 0.2) is 54.6 Å². The van der Waals surface area contributed by atoms with E-state index in [9.17, 15) is 4.79 Å². The zero-order valence-corrected chi connectivity index (χ0v) is 14.6. The van der Waals surface area contributed by atoms with Gasteiger partial charge in [-0.25, -0.2) is 0 Å². The third kappa shape index (κ3) is 4.43. The van der Waals surface area contributed by atoms with Gasteiger partial charge in [0.25, 0.3) is 0 Å². The number of para-hydroxylation sites is 1. The van der Waals surface area contributed by atoms with Crippen molar-refractivity contribution in [3.63, 3.8) is 0 Å². The maximum absolute atomic E-state index is 11.9. The molecule has 0 atom stereocenters. The second-order valence-corrected chi connectivity index (χ2v) is 14.3. The first-order chi connectivity index (χ1) is 9.15. The maximum atomic E-state index is 11.9. The molecule has 2 rings (SSSR count). The Morgan fingerprint density at radius 2 is 1.63 bits per heavy atom. The van der Waals surface area contributed by atoms with Gasteiger partial charge in [-0.15, -0.1) is 0 Å². The van der Waals surface area contributed by atoms with Crippen molar-refractivity contribution < 1.29 is 9.53 Å². The van der Waals surface area contributed by atoms with Gasteiger partial charge in [0.2, 0.25) is 0 Å². The molecule has 0 amide bonds. The third-order valence-electron chi connectivity index (χ3n) is 2.64. The summed E-state index contributed by atoms with van der Waals surface area (Å²) in [5.74, 6) is 0.278. The molecule has 0 radical (unpaired) electrons. The third-order valence-corrected chi connectivity index (χ3v) is 6.52. The molecule has 0 aliphatic carbocycles. The summed E-state index contributed by atoms with van der Waals surface area (Å²) in [7, 11) is 0. The number of rotatable bonds is 4. The Kier molecular flexibility index (Phi) is 5.10. The molecule has 0 spiro atoms. The Bertz CT molecular complexity index is 532. The van der Waals surface area contributed by atoms with Crippen LogP contribution in [-0.2, 0) is 4.13 Å². The van der Waals surface area contributed by atoms with Gasteiger partial charge in [0, 0.05) is 0 Å². The Morgan fingerprint density at radius 3 is 2.21 bits per heavy atom. The molecule has 0 bridgehead atoms. The average molecular weight is 450 g/mol. The summed E-state index contributed by atoms with van der Waals surface area (Å²) in [5, 5.41) is 0. The molecule has 98 valence electrons. The normalized spacial score (nSPS) is 10.5. The van der Waals surface area contributed by atoms with Crippen LogP contribution >= 0.6 is 0 Å². The molecule has 19 heavy (non-hydrogen) atoms. The van der Waals surface area contributed by atoms with E-state index in [0.29, 0.717) is 11.3 Å². The summed E-state index contributed by atoms with van der Waals surface area (Å²) in [4.78, 5) is 11.9. The minimum absolute atomic E-state index is 0.301. The van der Waals surface area contributed by atoms with Gasteiger partial charge < -0.3 is 0 Å². The van der Waals surface area contributed by atoms with Crippen molar-refractivity contribution in [2.24, 2.45) is 0 Å². The van der Waals surface area contributed by atoms with Gasteiger partial charge >= 0.3 is 122 Å². The van der Waals surface area contributed by atoms with Gasteiger partial charge in [0.05, 0.1) is 0 Å². The molecular weight excluding hydrogens is 433 g/mol. The predicted octanol–water partition coefficient (Wildman–Crippen LogP) is 3.74. The Hall–Kier alpha value is -1.21. The summed E-state index contributed by atoms with van der Waals surface area (Å²) >= 11 is -1.18. The molecule has 0 aliphatic rings. The summed E-state index contributed by atoms with van der Waals surface area (Å²) in [6.07, 6.45) is 0. The van der Waals surface area contributed by atoms with Crippen molar-refractivity contribution in [1.82, 2.24) is 0 Å². The van der Waals surface area contributed by atoms with Gasteiger partial charge in [0.1, 0.15) is 0 Å². The summed E-state index contributed by atoms with van der Waals surface area (Å²) < 4.78 is 11.3. The molecule has 2 nitrogen and oxygen atoms in total. The van der Waals surface area contributed by atoms with Crippen molar-refractivity contribution in [3.8, 4) is 5.75 Å². The molecule has 0 heterocycles. The first-order valence-electron chi connectivity index (χ1n) is 6.16. The molecule has 3 heteroatoms. The predicted molar refractivity (Wildman–Crippen MR) is 79.0 cm³/mol. The van der Waals surface area contributed by atoms with Gasteiger partial charge in [-0.2, -0.15) is 0 Å². The molecular formula is C16H17BiO2. The molecule has 2 aromatic carbocycles. The van der Waals surface area contributed by atoms with E-state index in [1.807, 2.05) is 42.5 Å². The Balaban J connectivity index is 2.04. The first-order valence-corrected chi connectivity index (χ1v) is 15.6. The topological polar surface area (TPSA) is 26.3 Å². The van der Waals surface area contributed by atoms with E-state index in [1.165, 1.54) is 9.69 Å². The second kappa shape index (κ2) is 6.81. The number of ether oxygens (including phenoxy) is 1. The van der Waals surface area contributed by atoms with Crippen LogP contribution in [0.3, 0.4) is 0 Å². The molecule has 0 unspecified atom stereocenters. The van der Waals surface area contributed by atoms with Crippen LogP contribution < -0.4 is 4.74 Å². The summed E-state index contributed by atoms with van der Waals surface area (Å²) in [6.45, 7) is 0. The van der Waals surface area contributed by atoms with E-state index in [-0.39, 0.29) is 5.97 Å². The van der Waals surface area contributed by atoms with Crippen LogP contribution in [-0.4, -0.2) is 27.7 Å². The Morgan fingerprint density at radius 1 is 1.00 bits per heavy atom. The fourth-order valence-electron chi connectivity index (χ4n) is 1.77. The zero-order chi connectivity index (χ0) is 13.7. The molecule has 2 aromatic rings. The van der Waals surface area contributed by atoms with Gasteiger partial charge in [-0.05, 0) is 0 Å². The zero-order valence-electron chi connectivity index (χ0n) is 11.2. The second-order valence-electron chi connectivity index (χ2n) is 4.64. The van der Waals surface area contributed by atoms with Crippen LogP contribution in [0.4, 0.5) is 0 Å². The van der Waals surface area contributed by atoms with Crippen LogP contribution in [0.1, 0.15) is 15.9 Å². The number of hydrogen-bond acceptors (Lipinski definition) is 2. The van der Waals surface area contributed by atoms with E-state index in [0.717, 1.165) is 0 Å². The Labute approximate surface area is 122 Å². The van der Waals surface area contributed by atoms with Crippen molar-refractivity contribution in [1.29, 1.82) is 0 Å². The fourth-order valence-corrected chi connectivity index (χ4v) is 5.42. The minimum atomic E-state index is -1.18. The molecule has 0 aliphatic heterocycles. The number of benzene rings is 2.